The van der Waals surface area contributed by atoms with E-state index in [0.29, 0.717) is 6.61 Å². The fourth-order valence-corrected chi connectivity index (χ4v) is 2.94. The highest BCUT2D eigenvalue weighted by molar-refractivity contribution is 5.78. The van der Waals surface area contributed by atoms with Crippen LogP contribution >= 0.6 is 0 Å². The number of esters is 1. The molecule has 0 aliphatic carbocycles. The van der Waals surface area contributed by atoms with Crippen molar-refractivity contribution in [3.05, 3.63) is 18.0 Å². The number of aryl methyl sites for hydroxylation is 1. The molecule has 0 aromatic carbocycles. The summed E-state index contributed by atoms with van der Waals surface area (Å²) in [5.41, 5.74) is 1.14. The zero-order valence-electron chi connectivity index (χ0n) is 12.0. The van der Waals surface area contributed by atoms with Crippen molar-refractivity contribution in [2.24, 2.45) is 0 Å². The molecule has 2 aliphatic rings. The number of rotatable bonds is 3. The fraction of sp³-hybridized carbons (Fsp3) is 0.714. The van der Waals surface area contributed by atoms with Gasteiger partial charge in [-0.05, 0) is 19.4 Å². The number of ether oxygens (including phenoxy) is 2. The molecular formula is C14H21N3O3. The molecule has 2 saturated heterocycles. The Morgan fingerprint density at radius 1 is 1.50 bits per heavy atom. The third kappa shape index (κ3) is 2.86. The highest BCUT2D eigenvalue weighted by Crippen LogP contribution is 2.22. The van der Waals surface area contributed by atoms with Crippen LogP contribution in [0.15, 0.2) is 12.4 Å². The van der Waals surface area contributed by atoms with Gasteiger partial charge in [-0.25, -0.2) is 0 Å². The molecule has 0 spiro atoms. The maximum absolute atomic E-state index is 11.8. The molecule has 110 valence electrons. The Bertz CT molecular complexity index is 488. The van der Waals surface area contributed by atoms with Crippen LogP contribution in [0.25, 0.3) is 0 Å². The topological polar surface area (TPSA) is 56.6 Å². The standard InChI is InChI=1S/C14H21N3O3/c1-10-6-15-17(7-10)9-12-8-16(3-4-19-12)13-5-11(2)20-14(13)18/h6-7,11-13H,3-5,8-9H2,1-2H3. The normalized spacial score (nSPS) is 31.5. The molecule has 2 fully saturated rings. The van der Waals surface area contributed by atoms with Gasteiger partial charge in [0.15, 0.2) is 0 Å². The van der Waals surface area contributed by atoms with Crippen molar-refractivity contribution < 1.29 is 14.3 Å². The summed E-state index contributed by atoms with van der Waals surface area (Å²) in [5.74, 6) is -0.0897. The Kier molecular flexibility index (Phi) is 3.76. The highest BCUT2D eigenvalue weighted by atomic mass is 16.6. The molecule has 6 heteroatoms. The zero-order chi connectivity index (χ0) is 14.1. The molecule has 0 bridgehead atoms. The highest BCUT2D eigenvalue weighted by Gasteiger charge is 2.38. The van der Waals surface area contributed by atoms with Crippen molar-refractivity contribution in [2.45, 2.75) is 45.1 Å². The summed E-state index contributed by atoms with van der Waals surface area (Å²) in [6, 6.07) is -0.101. The summed E-state index contributed by atoms with van der Waals surface area (Å²) in [6.45, 7) is 6.90. The molecule has 3 unspecified atom stereocenters. The molecule has 3 heterocycles. The Morgan fingerprint density at radius 2 is 2.35 bits per heavy atom. The van der Waals surface area contributed by atoms with Gasteiger partial charge in [-0.2, -0.15) is 5.10 Å². The van der Waals surface area contributed by atoms with Crippen molar-refractivity contribution in [3.8, 4) is 0 Å². The quantitative estimate of drug-likeness (QED) is 0.758. The lowest BCUT2D eigenvalue weighted by Gasteiger charge is -2.35. The molecule has 0 radical (unpaired) electrons. The summed E-state index contributed by atoms with van der Waals surface area (Å²) in [5, 5.41) is 4.29. The molecule has 2 aliphatic heterocycles. The van der Waals surface area contributed by atoms with Crippen LogP contribution in [0.1, 0.15) is 18.9 Å². The van der Waals surface area contributed by atoms with Gasteiger partial charge in [-0.3, -0.25) is 14.4 Å². The second-order valence-electron chi connectivity index (χ2n) is 5.73. The van der Waals surface area contributed by atoms with E-state index < -0.39 is 0 Å². The molecule has 0 amide bonds. The second kappa shape index (κ2) is 5.54. The van der Waals surface area contributed by atoms with E-state index in [0.717, 1.165) is 31.6 Å². The molecule has 3 atom stereocenters. The smallest absolute Gasteiger partial charge is 0.323 e. The lowest BCUT2D eigenvalue weighted by Crippen LogP contribution is -2.50. The van der Waals surface area contributed by atoms with E-state index in [1.807, 2.05) is 30.9 Å². The van der Waals surface area contributed by atoms with Crippen LogP contribution in [0, 0.1) is 6.92 Å². The summed E-state index contributed by atoms with van der Waals surface area (Å²) in [4.78, 5) is 14.0. The van der Waals surface area contributed by atoms with Gasteiger partial charge in [0.1, 0.15) is 12.1 Å². The van der Waals surface area contributed by atoms with E-state index in [9.17, 15) is 4.79 Å². The minimum absolute atomic E-state index is 0.0301. The first-order valence-electron chi connectivity index (χ1n) is 7.17. The van der Waals surface area contributed by atoms with Gasteiger partial charge in [0, 0.05) is 25.7 Å². The molecule has 1 aromatic heterocycles. The van der Waals surface area contributed by atoms with Gasteiger partial charge in [-0.1, -0.05) is 0 Å². The van der Waals surface area contributed by atoms with E-state index in [-0.39, 0.29) is 24.2 Å². The van der Waals surface area contributed by atoms with Crippen molar-refractivity contribution in [1.82, 2.24) is 14.7 Å². The summed E-state index contributed by atoms with van der Waals surface area (Å²) >= 11 is 0. The van der Waals surface area contributed by atoms with Crippen LogP contribution in [-0.2, 0) is 20.8 Å². The Hall–Kier alpha value is -1.40. The Balaban J connectivity index is 1.60. The van der Waals surface area contributed by atoms with Crippen molar-refractivity contribution in [2.75, 3.05) is 19.7 Å². The number of cyclic esters (lactones) is 1. The first-order valence-corrected chi connectivity index (χ1v) is 7.17. The van der Waals surface area contributed by atoms with Gasteiger partial charge in [0.2, 0.25) is 0 Å². The van der Waals surface area contributed by atoms with Crippen LogP contribution < -0.4 is 0 Å². The number of hydrogen-bond donors (Lipinski definition) is 0. The van der Waals surface area contributed by atoms with Crippen molar-refractivity contribution in [3.63, 3.8) is 0 Å². The van der Waals surface area contributed by atoms with Crippen LogP contribution in [0.5, 0.6) is 0 Å². The number of carbonyl (C=O) groups is 1. The predicted molar refractivity (Wildman–Crippen MR) is 72.2 cm³/mol. The number of hydrogen-bond acceptors (Lipinski definition) is 5. The van der Waals surface area contributed by atoms with Gasteiger partial charge in [-0.15, -0.1) is 0 Å². The van der Waals surface area contributed by atoms with Gasteiger partial charge >= 0.3 is 5.97 Å². The molecule has 3 rings (SSSR count). The molecule has 6 nitrogen and oxygen atoms in total. The van der Waals surface area contributed by atoms with Crippen LogP contribution in [0.2, 0.25) is 0 Å². The molecule has 0 saturated carbocycles. The fourth-order valence-electron chi connectivity index (χ4n) is 2.94. The monoisotopic (exact) mass is 279 g/mol. The van der Waals surface area contributed by atoms with E-state index in [1.54, 1.807) is 0 Å². The number of aromatic nitrogens is 2. The second-order valence-corrected chi connectivity index (χ2v) is 5.73. The maximum Gasteiger partial charge on any atom is 0.323 e. The first kappa shape index (κ1) is 13.6. The number of morpholine rings is 1. The van der Waals surface area contributed by atoms with E-state index in [2.05, 4.69) is 10.00 Å². The van der Waals surface area contributed by atoms with Gasteiger partial charge < -0.3 is 9.47 Å². The SMILES string of the molecule is Cc1cnn(CC2CN(C3CC(C)OC3=O)CCO2)c1. The van der Waals surface area contributed by atoms with Crippen LogP contribution in [0.3, 0.4) is 0 Å². The largest absolute Gasteiger partial charge is 0.461 e. The minimum atomic E-state index is -0.101. The Labute approximate surface area is 118 Å². The maximum atomic E-state index is 11.8. The molecule has 0 N–H and O–H groups in total. The third-order valence-electron chi connectivity index (χ3n) is 3.91. The predicted octanol–water partition coefficient (Wildman–Crippen LogP) is 0.596. The summed E-state index contributed by atoms with van der Waals surface area (Å²) in [7, 11) is 0. The number of nitrogens with zero attached hydrogens (tertiary/aromatic N) is 3. The average molecular weight is 279 g/mol. The van der Waals surface area contributed by atoms with E-state index in [1.165, 1.54) is 0 Å². The van der Waals surface area contributed by atoms with Crippen molar-refractivity contribution >= 4 is 5.97 Å². The Morgan fingerprint density at radius 3 is 3.00 bits per heavy atom. The number of carbonyl (C=O) groups excluding carboxylic acids is 1. The summed E-state index contributed by atoms with van der Waals surface area (Å²) in [6.07, 6.45) is 4.74. The van der Waals surface area contributed by atoms with Crippen molar-refractivity contribution in [1.29, 1.82) is 0 Å². The molecule has 1 aromatic rings. The summed E-state index contributed by atoms with van der Waals surface area (Å²) < 4.78 is 12.9. The van der Waals surface area contributed by atoms with Gasteiger partial charge in [0.25, 0.3) is 0 Å². The van der Waals surface area contributed by atoms with E-state index in [4.69, 9.17) is 9.47 Å². The lowest BCUT2D eigenvalue weighted by atomic mass is 10.1. The minimum Gasteiger partial charge on any atom is -0.461 e. The first-order chi connectivity index (χ1) is 9.61. The van der Waals surface area contributed by atoms with E-state index >= 15 is 0 Å². The zero-order valence-corrected chi connectivity index (χ0v) is 12.0. The molecule has 20 heavy (non-hydrogen) atoms. The van der Waals surface area contributed by atoms with Crippen LogP contribution in [-0.4, -0.2) is 58.6 Å². The average Bonchev–Trinajstić information content (AvgIpc) is 2.96. The van der Waals surface area contributed by atoms with Crippen LogP contribution in [0.4, 0.5) is 0 Å². The lowest BCUT2D eigenvalue weighted by molar-refractivity contribution is -0.147. The molecular weight excluding hydrogens is 258 g/mol. The third-order valence-corrected chi connectivity index (χ3v) is 3.91. The van der Waals surface area contributed by atoms with Gasteiger partial charge in [0.05, 0.1) is 25.5 Å².